The molecule has 3 amide bonds. The molecule has 1 heterocycles. The van der Waals surface area contributed by atoms with Crippen LogP contribution in [0.25, 0.3) is 0 Å². The predicted molar refractivity (Wildman–Crippen MR) is 58.5 cm³/mol. The number of alkyl halides is 3. The highest BCUT2D eigenvalue weighted by Crippen LogP contribution is 2.32. The van der Waals surface area contributed by atoms with Crippen LogP contribution in [0.3, 0.4) is 0 Å². The molecule has 1 aromatic carbocycles. The van der Waals surface area contributed by atoms with Gasteiger partial charge in [0.2, 0.25) is 0 Å². The summed E-state index contributed by atoms with van der Waals surface area (Å²) in [5, 5.41) is 1.48. The number of hydrogen-bond acceptors (Lipinski definition) is 3. The first kappa shape index (κ1) is 13.3. The number of amides is 3. The second kappa shape index (κ2) is 4.23. The van der Waals surface area contributed by atoms with E-state index in [9.17, 15) is 22.8 Å². The zero-order valence-electron chi connectivity index (χ0n) is 9.57. The third-order valence-electron chi connectivity index (χ3n) is 2.76. The lowest BCUT2D eigenvalue weighted by atomic mass is 10.1. The number of nitrogens with one attached hydrogen (secondary N) is 1. The van der Waals surface area contributed by atoms with E-state index in [4.69, 9.17) is 5.73 Å². The molecule has 5 nitrogen and oxygen atoms in total. The molecule has 0 aromatic heterocycles. The monoisotopic (exact) mass is 273 g/mol. The molecule has 1 unspecified atom stereocenters. The lowest BCUT2D eigenvalue weighted by Gasteiger charge is -2.24. The van der Waals surface area contributed by atoms with Crippen LogP contribution in [-0.4, -0.2) is 28.7 Å². The van der Waals surface area contributed by atoms with Crippen molar-refractivity contribution in [2.75, 3.05) is 0 Å². The van der Waals surface area contributed by atoms with Gasteiger partial charge in [-0.1, -0.05) is 30.3 Å². The third-order valence-corrected chi connectivity index (χ3v) is 2.76. The zero-order chi connectivity index (χ0) is 14.3. The predicted octanol–water partition coefficient (Wildman–Crippen LogP) is 0.956. The van der Waals surface area contributed by atoms with Crippen LogP contribution in [0.1, 0.15) is 5.56 Å². The number of nitrogens with zero attached hydrogens (tertiary/aromatic N) is 1. The summed E-state index contributed by atoms with van der Waals surface area (Å²) in [5.74, 6) is -1.51. The second-order valence-electron chi connectivity index (χ2n) is 4.11. The summed E-state index contributed by atoms with van der Waals surface area (Å²) in [5.41, 5.74) is 2.14. The maximum Gasteiger partial charge on any atom is 0.434 e. The number of benzene rings is 1. The number of urea groups is 1. The SMILES string of the molecule is NC1(C(F)(F)F)NC(=O)N(Cc2ccccc2)C1=O. The van der Waals surface area contributed by atoms with E-state index in [0.717, 1.165) is 0 Å². The Kier molecular flexibility index (Phi) is 2.97. The maximum atomic E-state index is 12.7. The summed E-state index contributed by atoms with van der Waals surface area (Å²) in [6.07, 6.45) is -5.05. The van der Waals surface area contributed by atoms with Crippen LogP contribution in [0, 0.1) is 0 Å². The number of carbonyl (C=O) groups is 2. The molecule has 0 radical (unpaired) electrons. The van der Waals surface area contributed by atoms with Crippen molar-refractivity contribution in [3.05, 3.63) is 35.9 Å². The molecule has 19 heavy (non-hydrogen) atoms. The van der Waals surface area contributed by atoms with E-state index in [1.165, 1.54) is 5.32 Å². The summed E-state index contributed by atoms with van der Waals surface area (Å²) in [6, 6.07) is 7.02. The van der Waals surface area contributed by atoms with E-state index >= 15 is 0 Å². The van der Waals surface area contributed by atoms with Crippen LogP contribution in [-0.2, 0) is 11.3 Å². The van der Waals surface area contributed by atoms with Crippen molar-refractivity contribution >= 4 is 11.9 Å². The van der Waals surface area contributed by atoms with Crippen molar-refractivity contribution in [1.82, 2.24) is 10.2 Å². The first-order valence-corrected chi connectivity index (χ1v) is 5.29. The molecule has 3 N–H and O–H groups in total. The fraction of sp³-hybridized carbons (Fsp3) is 0.273. The van der Waals surface area contributed by atoms with Crippen LogP contribution < -0.4 is 11.1 Å². The topological polar surface area (TPSA) is 75.4 Å². The van der Waals surface area contributed by atoms with Gasteiger partial charge >= 0.3 is 12.2 Å². The van der Waals surface area contributed by atoms with E-state index in [-0.39, 0.29) is 6.54 Å². The summed E-state index contributed by atoms with van der Waals surface area (Å²) in [4.78, 5) is 23.6. The molecule has 0 aliphatic carbocycles. The highest BCUT2D eigenvalue weighted by atomic mass is 19.4. The molecular formula is C11H10F3N3O2. The number of rotatable bonds is 2. The third kappa shape index (κ3) is 2.14. The van der Waals surface area contributed by atoms with Crippen LogP contribution in [0.5, 0.6) is 0 Å². The van der Waals surface area contributed by atoms with Crippen LogP contribution >= 0.6 is 0 Å². The number of carbonyl (C=O) groups excluding carboxylic acids is 2. The van der Waals surface area contributed by atoms with Gasteiger partial charge in [-0.3, -0.25) is 15.4 Å². The molecule has 1 fully saturated rings. The summed E-state index contributed by atoms with van der Waals surface area (Å²) in [6.45, 7) is -0.263. The first-order valence-electron chi connectivity index (χ1n) is 5.29. The number of imide groups is 1. The van der Waals surface area contributed by atoms with E-state index in [1.54, 1.807) is 30.3 Å². The normalized spacial score (nSPS) is 23.7. The Hall–Kier alpha value is -2.09. The minimum absolute atomic E-state index is 0.263. The zero-order valence-corrected chi connectivity index (χ0v) is 9.57. The van der Waals surface area contributed by atoms with Crippen LogP contribution in [0.15, 0.2) is 30.3 Å². The maximum absolute atomic E-state index is 12.7. The largest absolute Gasteiger partial charge is 0.434 e. The molecule has 0 spiro atoms. The van der Waals surface area contributed by atoms with Gasteiger partial charge in [0.25, 0.3) is 11.6 Å². The quantitative estimate of drug-likeness (QED) is 0.788. The molecule has 1 aromatic rings. The standard InChI is InChI=1S/C11H10F3N3O2/c12-11(13,14)10(15)8(18)17(9(19)16-10)6-7-4-2-1-3-5-7/h1-5H,6,15H2,(H,16,19). The van der Waals surface area contributed by atoms with E-state index in [1.807, 2.05) is 0 Å². The van der Waals surface area contributed by atoms with Crippen LogP contribution in [0.2, 0.25) is 0 Å². The summed E-state index contributed by atoms with van der Waals surface area (Å²) < 4.78 is 38.1. The molecule has 1 aliphatic rings. The van der Waals surface area contributed by atoms with Crippen molar-refractivity contribution in [3.63, 3.8) is 0 Å². The van der Waals surface area contributed by atoms with Gasteiger partial charge in [-0.2, -0.15) is 13.2 Å². The van der Waals surface area contributed by atoms with Crippen molar-refractivity contribution in [1.29, 1.82) is 0 Å². The Bertz CT molecular complexity index is 518. The fourth-order valence-corrected chi connectivity index (χ4v) is 1.70. The Morgan fingerprint density at radius 3 is 2.26 bits per heavy atom. The van der Waals surface area contributed by atoms with Gasteiger partial charge in [-0.15, -0.1) is 0 Å². The minimum Gasteiger partial charge on any atom is -0.304 e. The summed E-state index contributed by atoms with van der Waals surface area (Å²) >= 11 is 0. The Morgan fingerprint density at radius 1 is 1.21 bits per heavy atom. The highest BCUT2D eigenvalue weighted by molar-refractivity contribution is 6.07. The van der Waals surface area contributed by atoms with Gasteiger partial charge in [0.1, 0.15) is 0 Å². The van der Waals surface area contributed by atoms with Gasteiger partial charge in [-0.25, -0.2) is 4.79 Å². The number of halogens is 3. The van der Waals surface area contributed by atoms with Gasteiger partial charge in [0.15, 0.2) is 0 Å². The van der Waals surface area contributed by atoms with Crippen molar-refractivity contribution in [2.24, 2.45) is 5.73 Å². The summed E-state index contributed by atoms with van der Waals surface area (Å²) in [7, 11) is 0. The molecule has 102 valence electrons. The van der Waals surface area contributed by atoms with E-state index in [2.05, 4.69) is 0 Å². The molecule has 8 heteroatoms. The van der Waals surface area contributed by atoms with Crippen molar-refractivity contribution < 1.29 is 22.8 Å². The Labute approximate surface area is 106 Å². The minimum atomic E-state index is -5.05. The van der Waals surface area contributed by atoms with Gasteiger partial charge in [-0.05, 0) is 5.56 Å². The molecular weight excluding hydrogens is 263 g/mol. The Morgan fingerprint density at radius 2 is 1.79 bits per heavy atom. The van der Waals surface area contributed by atoms with Gasteiger partial charge in [0, 0.05) is 0 Å². The number of nitrogens with two attached hydrogens (primary N) is 1. The lowest BCUT2D eigenvalue weighted by molar-refractivity contribution is -0.194. The average molecular weight is 273 g/mol. The van der Waals surface area contributed by atoms with Crippen molar-refractivity contribution in [3.8, 4) is 0 Å². The second-order valence-corrected chi connectivity index (χ2v) is 4.11. The lowest BCUT2D eigenvalue weighted by Crippen LogP contribution is -2.65. The van der Waals surface area contributed by atoms with Gasteiger partial charge in [0.05, 0.1) is 6.54 Å². The Balaban J connectivity index is 2.25. The smallest absolute Gasteiger partial charge is 0.304 e. The highest BCUT2D eigenvalue weighted by Gasteiger charge is 2.65. The van der Waals surface area contributed by atoms with Crippen molar-refractivity contribution in [2.45, 2.75) is 18.4 Å². The first-order chi connectivity index (χ1) is 8.75. The average Bonchev–Trinajstić information content (AvgIpc) is 2.55. The molecule has 1 saturated heterocycles. The fourth-order valence-electron chi connectivity index (χ4n) is 1.70. The van der Waals surface area contributed by atoms with Gasteiger partial charge < -0.3 is 5.32 Å². The molecule has 0 bridgehead atoms. The molecule has 1 atom stereocenters. The molecule has 2 rings (SSSR count). The van der Waals surface area contributed by atoms with E-state index in [0.29, 0.717) is 10.5 Å². The van der Waals surface area contributed by atoms with E-state index < -0.39 is 23.8 Å². The molecule has 1 aliphatic heterocycles. The molecule has 0 saturated carbocycles. The van der Waals surface area contributed by atoms with Crippen LogP contribution in [0.4, 0.5) is 18.0 Å². The number of hydrogen-bond donors (Lipinski definition) is 2.